The van der Waals surface area contributed by atoms with Crippen LogP contribution in [0.4, 0.5) is 0 Å². The normalized spacial score (nSPS) is 14.9. The molecule has 78 valence electrons. The van der Waals surface area contributed by atoms with Gasteiger partial charge in [-0.3, -0.25) is 0 Å². The number of rotatable bonds is 4. The Morgan fingerprint density at radius 2 is 2.14 bits per heavy atom. The van der Waals surface area contributed by atoms with Gasteiger partial charge in [0.1, 0.15) is 5.75 Å². The minimum Gasteiger partial charge on any atom is -0.497 e. The van der Waals surface area contributed by atoms with E-state index in [2.05, 4.69) is 5.32 Å². The van der Waals surface area contributed by atoms with E-state index in [1.165, 1.54) is 0 Å². The molecule has 0 aliphatic carbocycles. The Bertz CT molecular complexity index is 288. The van der Waals surface area contributed by atoms with Gasteiger partial charge in [0.05, 0.1) is 13.2 Å². The van der Waals surface area contributed by atoms with Gasteiger partial charge >= 0.3 is 0 Å². The molecule has 0 aliphatic rings. The maximum Gasteiger partial charge on any atom is 0.119 e. The topological polar surface area (TPSA) is 41.5 Å². The summed E-state index contributed by atoms with van der Waals surface area (Å²) in [5, 5.41) is 12.9. The molecule has 0 aliphatic heterocycles. The van der Waals surface area contributed by atoms with E-state index < -0.39 is 6.10 Å². The summed E-state index contributed by atoms with van der Waals surface area (Å²) in [6, 6.07) is 7.50. The number of benzene rings is 1. The maximum absolute atomic E-state index is 9.89. The van der Waals surface area contributed by atoms with Crippen molar-refractivity contribution >= 4 is 0 Å². The van der Waals surface area contributed by atoms with Crippen molar-refractivity contribution in [2.24, 2.45) is 0 Å². The Hall–Kier alpha value is -1.06. The largest absolute Gasteiger partial charge is 0.497 e. The zero-order valence-electron chi connectivity index (χ0n) is 8.82. The van der Waals surface area contributed by atoms with Gasteiger partial charge in [0, 0.05) is 6.04 Å². The van der Waals surface area contributed by atoms with Gasteiger partial charge < -0.3 is 15.2 Å². The first-order valence-electron chi connectivity index (χ1n) is 4.68. The number of hydrogen-bond acceptors (Lipinski definition) is 3. The van der Waals surface area contributed by atoms with Crippen LogP contribution in [0.5, 0.6) is 5.75 Å². The molecular formula is C11H17NO2. The third kappa shape index (κ3) is 2.47. The number of likely N-dealkylation sites (N-methyl/N-ethyl adjacent to an activating group) is 1. The van der Waals surface area contributed by atoms with Crippen molar-refractivity contribution in [1.82, 2.24) is 5.32 Å². The molecule has 1 aromatic rings. The lowest BCUT2D eigenvalue weighted by molar-refractivity contribution is 0.140. The van der Waals surface area contributed by atoms with Gasteiger partial charge in [-0.2, -0.15) is 0 Å². The molecule has 2 unspecified atom stereocenters. The molecule has 0 aromatic heterocycles. The highest BCUT2D eigenvalue weighted by atomic mass is 16.5. The molecule has 0 fully saturated rings. The van der Waals surface area contributed by atoms with Gasteiger partial charge in [-0.05, 0) is 31.7 Å². The van der Waals surface area contributed by atoms with Crippen LogP contribution >= 0.6 is 0 Å². The van der Waals surface area contributed by atoms with Crippen LogP contribution in [0.15, 0.2) is 24.3 Å². The van der Waals surface area contributed by atoms with Gasteiger partial charge in [0.15, 0.2) is 0 Å². The standard InChI is InChI=1S/C11H17NO2/c1-8(12-2)11(13)9-5-4-6-10(7-9)14-3/h4-8,11-13H,1-3H3. The van der Waals surface area contributed by atoms with E-state index in [9.17, 15) is 5.11 Å². The van der Waals surface area contributed by atoms with Crippen molar-refractivity contribution in [1.29, 1.82) is 0 Å². The maximum atomic E-state index is 9.89. The molecule has 0 saturated carbocycles. The molecule has 0 bridgehead atoms. The second-order valence-electron chi connectivity index (χ2n) is 3.30. The molecule has 3 heteroatoms. The second kappa shape index (κ2) is 4.98. The summed E-state index contributed by atoms with van der Waals surface area (Å²) in [5.74, 6) is 0.768. The third-order valence-electron chi connectivity index (χ3n) is 2.36. The highest BCUT2D eigenvalue weighted by Crippen LogP contribution is 2.21. The number of nitrogens with one attached hydrogen (secondary N) is 1. The molecule has 0 radical (unpaired) electrons. The Morgan fingerprint density at radius 1 is 1.43 bits per heavy atom. The second-order valence-corrected chi connectivity index (χ2v) is 3.30. The van der Waals surface area contributed by atoms with Crippen molar-refractivity contribution in [3.05, 3.63) is 29.8 Å². The number of methoxy groups -OCH3 is 1. The Morgan fingerprint density at radius 3 is 2.71 bits per heavy atom. The number of ether oxygens (including phenoxy) is 1. The molecule has 0 saturated heterocycles. The lowest BCUT2D eigenvalue weighted by Crippen LogP contribution is -2.28. The van der Waals surface area contributed by atoms with E-state index in [1.807, 2.05) is 38.2 Å². The fraction of sp³-hybridized carbons (Fsp3) is 0.455. The van der Waals surface area contributed by atoms with Crippen molar-refractivity contribution in [3.8, 4) is 5.75 Å². The molecule has 2 atom stereocenters. The molecule has 0 spiro atoms. The monoisotopic (exact) mass is 195 g/mol. The van der Waals surface area contributed by atoms with Crippen LogP contribution in [0.1, 0.15) is 18.6 Å². The highest BCUT2D eigenvalue weighted by molar-refractivity contribution is 5.30. The summed E-state index contributed by atoms with van der Waals surface area (Å²) in [5.41, 5.74) is 0.867. The fourth-order valence-corrected chi connectivity index (χ4v) is 1.27. The first-order chi connectivity index (χ1) is 6.69. The fourth-order valence-electron chi connectivity index (χ4n) is 1.27. The van der Waals surface area contributed by atoms with Gasteiger partial charge in [-0.1, -0.05) is 12.1 Å². The van der Waals surface area contributed by atoms with E-state index in [0.717, 1.165) is 11.3 Å². The van der Waals surface area contributed by atoms with Gasteiger partial charge in [0.25, 0.3) is 0 Å². The molecule has 0 amide bonds. The van der Waals surface area contributed by atoms with E-state index >= 15 is 0 Å². The average molecular weight is 195 g/mol. The van der Waals surface area contributed by atoms with Gasteiger partial charge in [-0.25, -0.2) is 0 Å². The summed E-state index contributed by atoms with van der Waals surface area (Å²) in [7, 11) is 3.45. The molecule has 1 aromatic carbocycles. The van der Waals surface area contributed by atoms with Crippen LogP contribution in [0, 0.1) is 0 Å². The lowest BCUT2D eigenvalue weighted by atomic mass is 10.0. The van der Waals surface area contributed by atoms with Crippen molar-refractivity contribution in [2.45, 2.75) is 19.1 Å². The first kappa shape index (κ1) is 11.0. The molecule has 1 rings (SSSR count). The first-order valence-corrected chi connectivity index (χ1v) is 4.68. The summed E-state index contributed by atoms with van der Waals surface area (Å²) in [6.45, 7) is 1.93. The highest BCUT2D eigenvalue weighted by Gasteiger charge is 2.14. The predicted molar refractivity (Wildman–Crippen MR) is 56.5 cm³/mol. The van der Waals surface area contributed by atoms with Gasteiger partial charge in [-0.15, -0.1) is 0 Å². The van der Waals surface area contributed by atoms with E-state index in [-0.39, 0.29) is 6.04 Å². The van der Waals surface area contributed by atoms with Crippen molar-refractivity contribution in [3.63, 3.8) is 0 Å². The van der Waals surface area contributed by atoms with Crippen LogP contribution in [0.25, 0.3) is 0 Å². The number of aliphatic hydroxyl groups excluding tert-OH is 1. The number of hydrogen-bond donors (Lipinski definition) is 2. The minimum atomic E-state index is -0.505. The Labute approximate surface area is 84.7 Å². The zero-order chi connectivity index (χ0) is 10.6. The molecule has 3 nitrogen and oxygen atoms in total. The summed E-state index contributed by atoms with van der Waals surface area (Å²) < 4.78 is 5.09. The average Bonchev–Trinajstić information content (AvgIpc) is 2.27. The summed E-state index contributed by atoms with van der Waals surface area (Å²) in [4.78, 5) is 0. The van der Waals surface area contributed by atoms with Gasteiger partial charge in [0.2, 0.25) is 0 Å². The quantitative estimate of drug-likeness (QED) is 0.761. The lowest BCUT2D eigenvalue weighted by Gasteiger charge is -2.18. The molecular weight excluding hydrogens is 178 g/mol. The minimum absolute atomic E-state index is 0.0297. The van der Waals surface area contributed by atoms with Crippen LogP contribution in [-0.2, 0) is 0 Å². The smallest absolute Gasteiger partial charge is 0.119 e. The SMILES string of the molecule is CNC(C)C(O)c1cccc(OC)c1. The van der Waals surface area contributed by atoms with Crippen molar-refractivity contribution < 1.29 is 9.84 Å². The molecule has 2 N–H and O–H groups in total. The Kier molecular flexibility index (Phi) is 3.92. The number of aliphatic hydroxyl groups is 1. The van der Waals surface area contributed by atoms with E-state index in [0.29, 0.717) is 0 Å². The van der Waals surface area contributed by atoms with Crippen LogP contribution in [-0.4, -0.2) is 25.3 Å². The third-order valence-corrected chi connectivity index (χ3v) is 2.36. The van der Waals surface area contributed by atoms with E-state index in [4.69, 9.17) is 4.74 Å². The van der Waals surface area contributed by atoms with E-state index in [1.54, 1.807) is 7.11 Å². The van der Waals surface area contributed by atoms with Crippen molar-refractivity contribution in [2.75, 3.05) is 14.2 Å². The summed E-state index contributed by atoms with van der Waals surface area (Å²) in [6.07, 6.45) is -0.505. The molecule has 0 heterocycles. The zero-order valence-corrected chi connectivity index (χ0v) is 8.82. The molecule has 14 heavy (non-hydrogen) atoms. The van der Waals surface area contributed by atoms with Crippen LogP contribution in [0.3, 0.4) is 0 Å². The predicted octanol–water partition coefficient (Wildman–Crippen LogP) is 1.34. The van der Waals surface area contributed by atoms with Crippen LogP contribution in [0.2, 0.25) is 0 Å². The summed E-state index contributed by atoms with van der Waals surface area (Å²) >= 11 is 0. The van der Waals surface area contributed by atoms with Crippen LogP contribution < -0.4 is 10.1 Å². The Balaban J connectivity index is 2.83.